The van der Waals surface area contributed by atoms with Gasteiger partial charge in [0.25, 0.3) is 0 Å². The molecule has 0 heterocycles. The fourth-order valence-electron chi connectivity index (χ4n) is 1.22. The van der Waals surface area contributed by atoms with Crippen LogP contribution in [0.5, 0.6) is 0 Å². The first-order valence-electron chi connectivity index (χ1n) is 4.76. The van der Waals surface area contributed by atoms with Gasteiger partial charge in [-0.3, -0.25) is 0 Å². The van der Waals surface area contributed by atoms with Gasteiger partial charge in [-0.05, 0) is 31.2 Å². The van der Waals surface area contributed by atoms with Crippen molar-refractivity contribution in [1.29, 1.82) is 0 Å². The summed E-state index contributed by atoms with van der Waals surface area (Å²) in [6.45, 7) is 2.40. The molecule has 0 spiro atoms. The van der Waals surface area contributed by atoms with E-state index in [2.05, 4.69) is 4.36 Å². The zero-order valence-electron chi connectivity index (χ0n) is 9.30. The summed E-state index contributed by atoms with van der Waals surface area (Å²) >= 11 is 0. The maximum absolute atomic E-state index is 12.5. The quantitative estimate of drug-likeness (QED) is 0.797. The van der Waals surface area contributed by atoms with Gasteiger partial charge in [0.2, 0.25) is 0 Å². The first kappa shape index (κ1) is 12.0. The molecule has 0 bridgehead atoms. The summed E-state index contributed by atoms with van der Waals surface area (Å²) in [6, 6.07) is 7.00. The Balaban J connectivity index is 3.29. The van der Waals surface area contributed by atoms with Gasteiger partial charge in [0.05, 0.1) is 4.90 Å². The van der Waals surface area contributed by atoms with Crippen molar-refractivity contribution in [3.8, 4) is 0 Å². The number of nitrogens with zero attached hydrogens (tertiary/aromatic N) is 2. The molecule has 1 rings (SSSR count). The second-order valence-electron chi connectivity index (χ2n) is 3.32. The highest BCUT2D eigenvalue weighted by molar-refractivity contribution is 7.91. The van der Waals surface area contributed by atoms with Crippen LogP contribution in [0.3, 0.4) is 0 Å². The summed E-state index contributed by atoms with van der Waals surface area (Å²) in [5.74, 6) is 0. The standard InChI is InChI=1S/C10H17N3OS/c1-4-12-15(14,13(2)3)10-7-5-9(11)6-8-10/h5-8H,4,11H2,1-3H3. The van der Waals surface area contributed by atoms with Crippen LogP contribution in [0.4, 0.5) is 5.69 Å². The average molecular weight is 227 g/mol. The molecule has 0 radical (unpaired) electrons. The van der Waals surface area contributed by atoms with Crippen LogP contribution in [0.2, 0.25) is 0 Å². The molecule has 4 nitrogen and oxygen atoms in total. The number of nitrogen functional groups attached to an aromatic ring is 1. The predicted molar refractivity (Wildman–Crippen MR) is 63.9 cm³/mol. The maximum atomic E-state index is 12.5. The highest BCUT2D eigenvalue weighted by Crippen LogP contribution is 2.17. The Morgan fingerprint density at radius 1 is 1.33 bits per heavy atom. The molecular formula is C10H17N3OS. The van der Waals surface area contributed by atoms with Gasteiger partial charge in [-0.25, -0.2) is 12.9 Å². The highest BCUT2D eigenvalue weighted by atomic mass is 32.2. The first-order chi connectivity index (χ1) is 7.00. The summed E-state index contributed by atoms with van der Waals surface area (Å²) in [4.78, 5) is 0.698. The van der Waals surface area contributed by atoms with E-state index in [1.54, 1.807) is 42.7 Å². The first-order valence-corrected chi connectivity index (χ1v) is 6.24. The molecule has 0 aliphatic heterocycles. The molecule has 1 aromatic carbocycles. The van der Waals surface area contributed by atoms with E-state index in [0.717, 1.165) is 0 Å². The fourth-order valence-corrected chi connectivity index (χ4v) is 2.86. The summed E-state index contributed by atoms with van der Waals surface area (Å²) in [5, 5.41) is 0. The molecule has 5 heteroatoms. The van der Waals surface area contributed by atoms with Gasteiger partial charge < -0.3 is 5.73 Å². The minimum absolute atomic E-state index is 0.529. The third-order valence-electron chi connectivity index (χ3n) is 1.99. The molecule has 15 heavy (non-hydrogen) atoms. The normalized spacial score (nSPS) is 14.9. The third kappa shape index (κ3) is 2.49. The van der Waals surface area contributed by atoms with Crippen molar-refractivity contribution in [3.63, 3.8) is 0 Å². The van der Waals surface area contributed by atoms with Crippen molar-refractivity contribution in [1.82, 2.24) is 4.31 Å². The number of hydrogen-bond donors (Lipinski definition) is 1. The molecule has 0 saturated carbocycles. The van der Waals surface area contributed by atoms with E-state index in [1.165, 1.54) is 0 Å². The van der Waals surface area contributed by atoms with E-state index in [9.17, 15) is 4.21 Å². The van der Waals surface area contributed by atoms with Crippen LogP contribution >= 0.6 is 0 Å². The Kier molecular flexibility index (Phi) is 3.71. The topological polar surface area (TPSA) is 58.7 Å². The number of nitrogens with two attached hydrogens (primary N) is 1. The van der Waals surface area contributed by atoms with Crippen LogP contribution in [-0.4, -0.2) is 29.2 Å². The van der Waals surface area contributed by atoms with E-state index in [1.807, 2.05) is 6.92 Å². The summed E-state index contributed by atoms with van der Waals surface area (Å²) in [5.41, 5.74) is 6.25. The van der Waals surface area contributed by atoms with Crippen LogP contribution in [0.15, 0.2) is 33.5 Å². The Labute approximate surface area is 91.4 Å². The second-order valence-corrected chi connectivity index (χ2v) is 5.78. The predicted octanol–water partition coefficient (Wildman–Crippen LogP) is 1.59. The lowest BCUT2D eigenvalue weighted by atomic mass is 10.3. The van der Waals surface area contributed by atoms with E-state index in [0.29, 0.717) is 17.1 Å². The van der Waals surface area contributed by atoms with Gasteiger partial charge >= 0.3 is 0 Å². The lowest BCUT2D eigenvalue weighted by molar-refractivity contribution is 0.590. The van der Waals surface area contributed by atoms with Crippen molar-refractivity contribution in [2.75, 3.05) is 26.4 Å². The third-order valence-corrected chi connectivity index (χ3v) is 4.47. The molecule has 0 saturated heterocycles. The van der Waals surface area contributed by atoms with Crippen LogP contribution < -0.4 is 5.73 Å². The van der Waals surface area contributed by atoms with E-state index < -0.39 is 9.92 Å². The fraction of sp³-hybridized carbons (Fsp3) is 0.400. The van der Waals surface area contributed by atoms with Crippen molar-refractivity contribution in [3.05, 3.63) is 24.3 Å². The van der Waals surface area contributed by atoms with Gasteiger partial charge in [0, 0.05) is 26.3 Å². The number of rotatable bonds is 3. The molecule has 1 aromatic rings. The highest BCUT2D eigenvalue weighted by Gasteiger charge is 2.14. The van der Waals surface area contributed by atoms with Gasteiger partial charge in [-0.15, -0.1) is 0 Å². The van der Waals surface area contributed by atoms with Crippen LogP contribution in [0, 0.1) is 0 Å². The van der Waals surface area contributed by atoms with Gasteiger partial charge in [0.1, 0.15) is 9.92 Å². The Morgan fingerprint density at radius 3 is 2.27 bits per heavy atom. The Morgan fingerprint density at radius 2 is 1.87 bits per heavy atom. The zero-order valence-corrected chi connectivity index (χ0v) is 10.1. The number of benzene rings is 1. The zero-order chi connectivity index (χ0) is 11.5. The minimum atomic E-state index is -2.45. The van der Waals surface area contributed by atoms with Gasteiger partial charge in [-0.1, -0.05) is 0 Å². The van der Waals surface area contributed by atoms with Crippen LogP contribution in [-0.2, 0) is 9.92 Å². The average Bonchev–Trinajstić information content (AvgIpc) is 2.18. The van der Waals surface area contributed by atoms with Crippen molar-refractivity contribution < 1.29 is 4.21 Å². The number of hydrogen-bond acceptors (Lipinski definition) is 3. The largest absolute Gasteiger partial charge is 0.399 e. The van der Waals surface area contributed by atoms with E-state index in [4.69, 9.17) is 5.73 Å². The summed E-state index contributed by atoms with van der Waals surface area (Å²) < 4.78 is 18.3. The molecule has 0 aliphatic carbocycles. The molecule has 1 unspecified atom stereocenters. The van der Waals surface area contributed by atoms with Crippen LogP contribution in [0.25, 0.3) is 0 Å². The monoisotopic (exact) mass is 227 g/mol. The Hall–Kier alpha value is -1.07. The van der Waals surface area contributed by atoms with Crippen LogP contribution in [0.1, 0.15) is 6.92 Å². The SMILES string of the molecule is CCN=S(=O)(c1ccc(N)cc1)N(C)C. The summed E-state index contributed by atoms with van der Waals surface area (Å²) in [7, 11) is 1.08. The molecule has 2 N–H and O–H groups in total. The van der Waals surface area contributed by atoms with Crippen molar-refractivity contribution in [2.24, 2.45) is 4.36 Å². The maximum Gasteiger partial charge on any atom is 0.139 e. The van der Waals surface area contributed by atoms with Gasteiger partial charge in [-0.2, -0.15) is 0 Å². The second kappa shape index (κ2) is 4.63. The van der Waals surface area contributed by atoms with Gasteiger partial charge in [0.15, 0.2) is 0 Å². The van der Waals surface area contributed by atoms with E-state index in [-0.39, 0.29) is 0 Å². The summed E-state index contributed by atoms with van der Waals surface area (Å²) in [6.07, 6.45) is 0. The minimum Gasteiger partial charge on any atom is -0.399 e. The molecule has 0 fully saturated rings. The molecular weight excluding hydrogens is 210 g/mol. The van der Waals surface area contributed by atoms with Crippen molar-refractivity contribution >= 4 is 15.6 Å². The van der Waals surface area contributed by atoms with E-state index >= 15 is 0 Å². The lowest BCUT2D eigenvalue weighted by Crippen LogP contribution is -2.22. The molecule has 0 amide bonds. The van der Waals surface area contributed by atoms with Crippen molar-refractivity contribution in [2.45, 2.75) is 11.8 Å². The lowest BCUT2D eigenvalue weighted by Gasteiger charge is -2.17. The molecule has 0 aliphatic rings. The smallest absolute Gasteiger partial charge is 0.139 e. The number of anilines is 1. The Bertz CT molecular complexity index is 430. The molecule has 1 atom stereocenters. The molecule has 84 valence electrons. The molecule has 0 aromatic heterocycles.